The van der Waals surface area contributed by atoms with Crippen molar-refractivity contribution in [2.75, 3.05) is 11.5 Å². The van der Waals surface area contributed by atoms with E-state index in [4.69, 9.17) is 9.84 Å². The number of carbonyl (C=O) groups is 1. The lowest BCUT2D eigenvalue weighted by atomic mass is 10.2. The van der Waals surface area contributed by atoms with Gasteiger partial charge >= 0.3 is 5.97 Å². The van der Waals surface area contributed by atoms with E-state index in [2.05, 4.69) is 13.8 Å². The molecule has 0 aliphatic carbocycles. The zero-order valence-corrected chi connectivity index (χ0v) is 10.7. The summed E-state index contributed by atoms with van der Waals surface area (Å²) in [6, 6.07) is 0. The van der Waals surface area contributed by atoms with Crippen LogP contribution in [-0.2, 0) is 20.3 Å². The zero-order valence-electron chi connectivity index (χ0n) is 9.85. The number of carboxylic acid groups (broad SMARTS) is 1. The summed E-state index contributed by atoms with van der Waals surface area (Å²) in [7, 11) is -0.886. The van der Waals surface area contributed by atoms with Crippen molar-refractivity contribution in [2.45, 2.75) is 45.3 Å². The molecule has 1 saturated heterocycles. The molecule has 5 heteroatoms. The highest BCUT2D eigenvalue weighted by Crippen LogP contribution is 2.21. The Balaban J connectivity index is 2.28. The average Bonchev–Trinajstić information content (AvgIpc) is 2.65. The summed E-state index contributed by atoms with van der Waals surface area (Å²) in [6.45, 7) is 4.15. The Hall–Kier alpha value is -0.420. The third-order valence-electron chi connectivity index (χ3n) is 2.92. The van der Waals surface area contributed by atoms with Crippen LogP contribution in [0.1, 0.15) is 33.1 Å². The minimum absolute atomic E-state index is 0.133. The minimum atomic E-state index is -0.907. The molecule has 4 unspecified atom stereocenters. The van der Waals surface area contributed by atoms with Gasteiger partial charge in [0.1, 0.15) is 0 Å². The van der Waals surface area contributed by atoms with E-state index >= 15 is 0 Å². The molecule has 0 amide bonds. The van der Waals surface area contributed by atoms with Crippen LogP contribution in [0.5, 0.6) is 0 Å². The Morgan fingerprint density at radius 1 is 1.56 bits per heavy atom. The maximum atomic E-state index is 11.7. The second-order valence-electron chi connectivity index (χ2n) is 4.45. The molecule has 0 spiro atoms. The fraction of sp³-hybridized carbons (Fsp3) is 0.909. The van der Waals surface area contributed by atoms with Crippen molar-refractivity contribution >= 4 is 16.8 Å². The molecule has 0 radical (unpaired) electrons. The van der Waals surface area contributed by atoms with Gasteiger partial charge in [0.15, 0.2) is 6.10 Å². The van der Waals surface area contributed by atoms with Gasteiger partial charge in [-0.05, 0) is 18.8 Å². The van der Waals surface area contributed by atoms with Gasteiger partial charge in [0.25, 0.3) is 0 Å². The largest absolute Gasteiger partial charge is 0.479 e. The standard InChI is InChI=1S/C11H20O4S/c1-3-8(2)6-16(14)7-9-4-5-10(15-9)11(12)13/h8-10H,3-7H2,1-2H3,(H,12,13). The van der Waals surface area contributed by atoms with Gasteiger partial charge in [-0.25, -0.2) is 4.79 Å². The van der Waals surface area contributed by atoms with Crippen LogP contribution < -0.4 is 0 Å². The molecule has 1 heterocycles. The van der Waals surface area contributed by atoms with Crippen LogP contribution in [0.2, 0.25) is 0 Å². The molecule has 0 aromatic heterocycles. The fourth-order valence-corrected chi connectivity index (χ4v) is 3.39. The van der Waals surface area contributed by atoms with E-state index in [0.29, 0.717) is 30.3 Å². The van der Waals surface area contributed by atoms with Crippen LogP contribution in [0.25, 0.3) is 0 Å². The van der Waals surface area contributed by atoms with Crippen LogP contribution in [-0.4, -0.2) is 39.0 Å². The first kappa shape index (κ1) is 13.6. The second kappa shape index (κ2) is 6.35. The fourth-order valence-electron chi connectivity index (χ4n) is 1.72. The summed E-state index contributed by atoms with van der Waals surface area (Å²) < 4.78 is 17.0. The molecule has 1 aliphatic rings. The van der Waals surface area contributed by atoms with Crippen LogP contribution in [0.15, 0.2) is 0 Å². The van der Waals surface area contributed by atoms with Gasteiger partial charge in [-0.1, -0.05) is 20.3 Å². The van der Waals surface area contributed by atoms with E-state index in [1.165, 1.54) is 0 Å². The third kappa shape index (κ3) is 4.22. The zero-order chi connectivity index (χ0) is 12.1. The number of rotatable bonds is 6. The maximum Gasteiger partial charge on any atom is 0.332 e. The molecule has 0 saturated carbocycles. The molecule has 1 fully saturated rings. The van der Waals surface area contributed by atoms with Gasteiger partial charge < -0.3 is 9.84 Å². The predicted molar refractivity (Wildman–Crippen MR) is 62.9 cm³/mol. The molecule has 1 rings (SSSR count). The van der Waals surface area contributed by atoms with Crippen LogP contribution in [0, 0.1) is 5.92 Å². The summed E-state index contributed by atoms with van der Waals surface area (Å²) in [6.07, 6.45) is 1.45. The summed E-state index contributed by atoms with van der Waals surface area (Å²) in [5.41, 5.74) is 0. The monoisotopic (exact) mass is 248 g/mol. The second-order valence-corrected chi connectivity index (χ2v) is 6.00. The molecule has 0 aromatic rings. The molecule has 4 nitrogen and oxygen atoms in total. The molecule has 16 heavy (non-hydrogen) atoms. The Morgan fingerprint density at radius 3 is 2.75 bits per heavy atom. The lowest BCUT2D eigenvalue weighted by Crippen LogP contribution is -2.24. The quantitative estimate of drug-likeness (QED) is 0.772. The van der Waals surface area contributed by atoms with E-state index < -0.39 is 22.9 Å². The van der Waals surface area contributed by atoms with Crippen molar-refractivity contribution in [1.82, 2.24) is 0 Å². The Bertz CT molecular complexity index is 267. The summed E-state index contributed by atoms with van der Waals surface area (Å²) in [5, 5.41) is 8.75. The van der Waals surface area contributed by atoms with Crippen LogP contribution >= 0.6 is 0 Å². The predicted octanol–water partition coefficient (Wildman–Crippen LogP) is 1.41. The van der Waals surface area contributed by atoms with E-state index in [-0.39, 0.29) is 6.10 Å². The van der Waals surface area contributed by atoms with Gasteiger partial charge in [-0.2, -0.15) is 0 Å². The van der Waals surface area contributed by atoms with Crippen LogP contribution in [0.4, 0.5) is 0 Å². The van der Waals surface area contributed by atoms with Crippen LogP contribution in [0.3, 0.4) is 0 Å². The van der Waals surface area contributed by atoms with Crippen molar-refractivity contribution in [3.8, 4) is 0 Å². The first-order valence-corrected chi connectivity index (χ1v) is 7.25. The van der Waals surface area contributed by atoms with E-state index in [1.54, 1.807) is 0 Å². The lowest BCUT2D eigenvalue weighted by Gasteiger charge is -2.12. The molecule has 4 atom stereocenters. The number of aliphatic carboxylic acids is 1. The Kier molecular flexibility index (Phi) is 5.41. The lowest BCUT2D eigenvalue weighted by molar-refractivity contribution is -0.148. The minimum Gasteiger partial charge on any atom is -0.479 e. The molecular formula is C11H20O4S. The topological polar surface area (TPSA) is 63.6 Å². The van der Waals surface area contributed by atoms with Crippen molar-refractivity contribution < 1.29 is 18.8 Å². The number of carboxylic acids is 1. The first-order chi connectivity index (χ1) is 7.52. The van der Waals surface area contributed by atoms with E-state index in [0.717, 1.165) is 6.42 Å². The molecule has 0 bridgehead atoms. The number of ether oxygens (including phenoxy) is 1. The molecule has 1 N–H and O–H groups in total. The SMILES string of the molecule is CCC(C)CS(=O)CC1CCC(C(=O)O)O1. The van der Waals surface area contributed by atoms with Crippen molar-refractivity contribution in [3.63, 3.8) is 0 Å². The molecule has 0 aromatic carbocycles. The number of hydrogen-bond acceptors (Lipinski definition) is 3. The van der Waals surface area contributed by atoms with Crippen molar-refractivity contribution in [3.05, 3.63) is 0 Å². The molecule has 94 valence electrons. The van der Waals surface area contributed by atoms with Crippen molar-refractivity contribution in [1.29, 1.82) is 0 Å². The van der Waals surface area contributed by atoms with Gasteiger partial charge in [-0.3, -0.25) is 4.21 Å². The summed E-state index contributed by atoms with van der Waals surface area (Å²) >= 11 is 0. The smallest absolute Gasteiger partial charge is 0.332 e. The maximum absolute atomic E-state index is 11.7. The van der Waals surface area contributed by atoms with Crippen molar-refractivity contribution in [2.24, 2.45) is 5.92 Å². The normalized spacial score (nSPS) is 28.9. The summed E-state index contributed by atoms with van der Waals surface area (Å²) in [4.78, 5) is 10.7. The van der Waals surface area contributed by atoms with E-state index in [1.807, 2.05) is 0 Å². The highest BCUT2D eigenvalue weighted by molar-refractivity contribution is 7.85. The van der Waals surface area contributed by atoms with Gasteiger partial charge in [0, 0.05) is 22.3 Å². The summed E-state index contributed by atoms with van der Waals surface area (Å²) in [5.74, 6) is 0.718. The van der Waals surface area contributed by atoms with Gasteiger partial charge in [-0.15, -0.1) is 0 Å². The molecule has 1 aliphatic heterocycles. The highest BCUT2D eigenvalue weighted by atomic mass is 32.2. The highest BCUT2D eigenvalue weighted by Gasteiger charge is 2.31. The molecular weight excluding hydrogens is 228 g/mol. The van der Waals surface area contributed by atoms with E-state index in [9.17, 15) is 9.00 Å². The Labute approximate surface area is 98.8 Å². The first-order valence-electron chi connectivity index (χ1n) is 5.76. The van der Waals surface area contributed by atoms with Gasteiger partial charge in [0.2, 0.25) is 0 Å². The number of hydrogen-bond donors (Lipinski definition) is 1. The average molecular weight is 248 g/mol. The third-order valence-corrected chi connectivity index (χ3v) is 4.61. The Morgan fingerprint density at radius 2 is 2.25 bits per heavy atom. The van der Waals surface area contributed by atoms with Gasteiger partial charge in [0.05, 0.1) is 6.10 Å².